The molecule has 8 heteroatoms. The second-order valence-electron chi connectivity index (χ2n) is 6.93. The van der Waals surface area contributed by atoms with Gasteiger partial charge in [0.25, 0.3) is 5.91 Å². The molecule has 0 radical (unpaired) electrons. The van der Waals surface area contributed by atoms with Crippen LogP contribution >= 0.6 is 0 Å². The Kier molecular flexibility index (Phi) is 4.20. The number of amides is 2. The molecule has 2 aliphatic rings. The Morgan fingerprint density at radius 1 is 1.31 bits per heavy atom. The molecule has 2 saturated heterocycles. The Morgan fingerprint density at radius 3 is 2.88 bits per heavy atom. The van der Waals surface area contributed by atoms with Crippen LogP contribution in [0.5, 0.6) is 0 Å². The first-order chi connectivity index (χ1) is 12.6. The molecular weight excluding hydrogens is 334 g/mol. The number of aliphatic hydroxyl groups is 1. The predicted octanol–water partition coefficient (Wildman–Crippen LogP) is 0.370. The number of aromatic nitrogens is 3. The van der Waals surface area contributed by atoms with Crippen molar-refractivity contribution in [2.24, 2.45) is 5.41 Å². The smallest absolute Gasteiger partial charge is 0.276 e. The first-order valence-electron chi connectivity index (χ1n) is 8.83. The van der Waals surface area contributed by atoms with Crippen LogP contribution in [0, 0.1) is 5.41 Å². The third-order valence-electron chi connectivity index (χ3n) is 5.34. The Balaban J connectivity index is 1.55. The normalized spacial score (nSPS) is 26.0. The van der Waals surface area contributed by atoms with E-state index in [0.717, 1.165) is 12.1 Å². The van der Waals surface area contributed by atoms with Crippen molar-refractivity contribution in [1.82, 2.24) is 25.2 Å². The van der Waals surface area contributed by atoms with E-state index in [4.69, 9.17) is 0 Å². The molecule has 2 amide bonds. The van der Waals surface area contributed by atoms with Crippen molar-refractivity contribution >= 4 is 11.8 Å². The van der Waals surface area contributed by atoms with Gasteiger partial charge in [-0.05, 0) is 31.4 Å². The number of nitrogens with one attached hydrogen (secondary N) is 1. The molecule has 136 valence electrons. The van der Waals surface area contributed by atoms with Gasteiger partial charge >= 0.3 is 0 Å². The minimum atomic E-state index is -0.915. The number of nitrogens with zero attached hydrogens (tertiary/aromatic N) is 4. The summed E-state index contributed by atoms with van der Waals surface area (Å²) < 4.78 is 1.55. The number of hydrogen-bond acceptors (Lipinski definition) is 5. The molecule has 0 aliphatic carbocycles. The zero-order chi connectivity index (χ0) is 18.1. The number of benzene rings is 1. The highest BCUT2D eigenvalue weighted by Crippen LogP contribution is 2.37. The number of carbonyl (C=O) groups is 2. The lowest BCUT2D eigenvalue weighted by Crippen LogP contribution is -2.62. The van der Waals surface area contributed by atoms with E-state index < -0.39 is 11.5 Å². The van der Waals surface area contributed by atoms with E-state index in [1.165, 1.54) is 0 Å². The number of aliphatic hydroxyl groups excluding tert-OH is 1. The maximum atomic E-state index is 12.9. The summed E-state index contributed by atoms with van der Waals surface area (Å²) in [4.78, 5) is 26.9. The predicted molar refractivity (Wildman–Crippen MR) is 92.6 cm³/mol. The van der Waals surface area contributed by atoms with Crippen molar-refractivity contribution < 1.29 is 14.7 Å². The number of piperidine rings is 2. The summed E-state index contributed by atoms with van der Waals surface area (Å²) in [5, 5.41) is 21.3. The molecule has 2 fully saturated rings. The Bertz CT molecular complexity index is 821. The van der Waals surface area contributed by atoms with Crippen LogP contribution < -0.4 is 5.32 Å². The van der Waals surface area contributed by atoms with Gasteiger partial charge in [-0.15, -0.1) is 5.10 Å². The molecule has 0 unspecified atom stereocenters. The lowest BCUT2D eigenvalue weighted by atomic mass is 9.71. The number of rotatable bonds is 2. The molecule has 2 atom stereocenters. The lowest BCUT2D eigenvalue weighted by molar-refractivity contribution is -0.147. The number of likely N-dealkylation sites (tertiary alicyclic amines) is 1. The maximum absolute atomic E-state index is 12.9. The summed E-state index contributed by atoms with van der Waals surface area (Å²) in [5.74, 6) is -0.432. The average Bonchev–Trinajstić information content (AvgIpc) is 3.16. The van der Waals surface area contributed by atoms with Gasteiger partial charge in [0.2, 0.25) is 5.91 Å². The standard InChI is InChI=1S/C18H21N5O3/c24-15-7-10-22(12-18(15)8-4-9-19-17(18)26)16(25)14-11-23(21-20-14)13-5-2-1-3-6-13/h1-3,5-6,11,15,24H,4,7-10,12H2,(H,19,26)/t15-,18+/m0/s1. The van der Waals surface area contributed by atoms with Crippen LogP contribution in [0.4, 0.5) is 0 Å². The van der Waals surface area contributed by atoms with Gasteiger partial charge in [0, 0.05) is 19.6 Å². The molecule has 1 aromatic carbocycles. The van der Waals surface area contributed by atoms with E-state index in [9.17, 15) is 14.7 Å². The Hall–Kier alpha value is -2.74. The topological polar surface area (TPSA) is 100 Å². The highest BCUT2D eigenvalue weighted by Gasteiger charge is 2.50. The molecule has 4 rings (SSSR count). The van der Waals surface area contributed by atoms with Crippen LogP contribution in [0.25, 0.3) is 5.69 Å². The van der Waals surface area contributed by atoms with Gasteiger partial charge in [-0.25, -0.2) is 4.68 Å². The minimum absolute atomic E-state index is 0.165. The van der Waals surface area contributed by atoms with E-state index in [1.54, 1.807) is 15.8 Å². The highest BCUT2D eigenvalue weighted by atomic mass is 16.3. The molecule has 0 bridgehead atoms. The molecule has 2 N–H and O–H groups in total. The molecule has 8 nitrogen and oxygen atoms in total. The van der Waals surface area contributed by atoms with Crippen molar-refractivity contribution in [1.29, 1.82) is 0 Å². The first-order valence-corrected chi connectivity index (χ1v) is 8.83. The van der Waals surface area contributed by atoms with E-state index in [0.29, 0.717) is 25.9 Å². The van der Waals surface area contributed by atoms with Crippen LogP contribution in [0.1, 0.15) is 29.8 Å². The van der Waals surface area contributed by atoms with Crippen molar-refractivity contribution in [2.75, 3.05) is 19.6 Å². The van der Waals surface area contributed by atoms with Crippen LogP contribution in [0.15, 0.2) is 36.5 Å². The summed E-state index contributed by atoms with van der Waals surface area (Å²) in [5.41, 5.74) is 0.134. The SMILES string of the molecule is O=C(c1cn(-c2ccccc2)nn1)N1CC[C@H](O)[C@@]2(CCCNC2=O)C1. The summed E-state index contributed by atoms with van der Waals surface area (Å²) in [7, 11) is 0. The monoisotopic (exact) mass is 355 g/mol. The molecule has 3 heterocycles. The number of hydrogen-bond donors (Lipinski definition) is 2. The van der Waals surface area contributed by atoms with Crippen molar-refractivity contribution in [3.63, 3.8) is 0 Å². The third-order valence-corrected chi connectivity index (χ3v) is 5.34. The first kappa shape index (κ1) is 16.7. The molecule has 2 aromatic rings. The summed E-state index contributed by atoms with van der Waals surface area (Å²) in [6, 6.07) is 9.43. The lowest BCUT2D eigenvalue weighted by Gasteiger charge is -2.46. The fourth-order valence-electron chi connectivity index (χ4n) is 3.85. The number of para-hydroxylation sites is 1. The summed E-state index contributed by atoms with van der Waals surface area (Å²) >= 11 is 0. The fraction of sp³-hybridized carbons (Fsp3) is 0.444. The van der Waals surface area contributed by atoms with E-state index >= 15 is 0 Å². The van der Waals surface area contributed by atoms with Gasteiger partial charge in [0.1, 0.15) is 0 Å². The van der Waals surface area contributed by atoms with Gasteiger partial charge in [-0.1, -0.05) is 23.4 Å². The van der Waals surface area contributed by atoms with Crippen molar-refractivity contribution in [3.05, 3.63) is 42.2 Å². The fourth-order valence-corrected chi connectivity index (χ4v) is 3.85. The molecule has 1 spiro atoms. The van der Waals surface area contributed by atoms with E-state index in [2.05, 4.69) is 15.6 Å². The molecular formula is C18H21N5O3. The van der Waals surface area contributed by atoms with Gasteiger partial charge < -0.3 is 15.3 Å². The van der Waals surface area contributed by atoms with Gasteiger partial charge in [0.05, 0.1) is 23.4 Å². The Labute approximate surface area is 150 Å². The molecule has 26 heavy (non-hydrogen) atoms. The van der Waals surface area contributed by atoms with Crippen molar-refractivity contribution in [2.45, 2.75) is 25.4 Å². The average molecular weight is 355 g/mol. The van der Waals surface area contributed by atoms with E-state index in [1.807, 2.05) is 30.3 Å². The minimum Gasteiger partial charge on any atom is -0.392 e. The highest BCUT2D eigenvalue weighted by molar-refractivity contribution is 5.93. The Morgan fingerprint density at radius 2 is 2.12 bits per heavy atom. The van der Waals surface area contributed by atoms with Crippen molar-refractivity contribution in [3.8, 4) is 5.69 Å². The quantitative estimate of drug-likeness (QED) is 0.811. The second-order valence-corrected chi connectivity index (χ2v) is 6.93. The van der Waals surface area contributed by atoms with Crippen LogP contribution in [-0.4, -0.2) is 62.6 Å². The zero-order valence-electron chi connectivity index (χ0n) is 14.3. The van der Waals surface area contributed by atoms with Gasteiger partial charge in [-0.2, -0.15) is 0 Å². The largest absolute Gasteiger partial charge is 0.392 e. The maximum Gasteiger partial charge on any atom is 0.276 e. The van der Waals surface area contributed by atoms with Crippen LogP contribution in [0.3, 0.4) is 0 Å². The third kappa shape index (κ3) is 2.76. The summed E-state index contributed by atoms with van der Waals surface area (Å²) in [6.45, 7) is 1.22. The number of carbonyl (C=O) groups excluding carboxylic acids is 2. The molecule has 0 saturated carbocycles. The summed E-state index contributed by atoms with van der Waals surface area (Å²) in [6.07, 6.45) is 2.63. The van der Waals surface area contributed by atoms with Crippen LogP contribution in [0.2, 0.25) is 0 Å². The zero-order valence-corrected chi connectivity index (χ0v) is 14.3. The van der Waals surface area contributed by atoms with Gasteiger partial charge in [-0.3, -0.25) is 9.59 Å². The molecule has 1 aromatic heterocycles. The molecule has 2 aliphatic heterocycles. The second kappa shape index (κ2) is 6.53. The van der Waals surface area contributed by atoms with Gasteiger partial charge in [0.15, 0.2) is 5.69 Å². The van der Waals surface area contributed by atoms with E-state index in [-0.39, 0.29) is 24.1 Å². The van der Waals surface area contributed by atoms with Crippen LogP contribution in [-0.2, 0) is 4.79 Å².